The molecule has 3 heterocycles. The zero-order valence-electron chi connectivity index (χ0n) is 13.6. The molecule has 9 heteroatoms. The fourth-order valence-electron chi connectivity index (χ4n) is 2.69. The summed E-state index contributed by atoms with van der Waals surface area (Å²) >= 11 is 1.36. The summed E-state index contributed by atoms with van der Waals surface area (Å²) in [4.78, 5) is 41.4. The van der Waals surface area contributed by atoms with Crippen LogP contribution in [0.15, 0.2) is 34.7 Å². The molecular weight excluding hydrogens is 358 g/mol. The summed E-state index contributed by atoms with van der Waals surface area (Å²) < 4.78 is 11.8. The van der Waals surface area contributed by atoms with E-state index in [1.54, 1.807) is 17.5 Å². The van der Waals surface area contributed by atoms with Gasteiger partial charge in [-0.05, 0) is 24.4 Å². The molecule has 0 radical (unpaired) electrons. The van der Waals surface area contributed by atoms with Gasteiger partial charge in [0.15, 0.2) is 17.3 Å². The summed E-state index contributed by atoms with van der Waals surface area (Å²) in [5.41, 5.74) is 0.328. The van der Waals surface area contributed by atoms with Crippen molar-refractivity contribution in [3.8, 4) is 11.5 Å². The summed E-state index contributed by atoms with van der Waals surface area (Å²) in [6.45, 7) is 1.24. The van der Waals surface area contributed by atoms with E-state index < -0.39 is 5.91 Å². The predicted octanol–water partition coefficient (Wildman–Crippen LogP) is 2.03. The largest absolute Gasteiger partial charge is 0.454 e. The Balaban J connectivity index is 1.61. The van der Waals surface area contributed by atoms with Crippen molar-refractivity contribution in [3.05, 3.63) is 45.8 Å². The lowest BCUT2D eigenvalue weighted by molar-refractivity contribution is -0.116. The van der Waals surface area contributed by atoms with Crippen LogP contribution in [0.1, 0.15) is 17.3 Å². The molecule has 8 nitrogen and oxygen atoms in total. The normalized spacial score (nSPS) is 12.3. The zero-order valence-corrected chi connectivity index (χ0v) is 14.5. The number of Topliss-reactive ketones (excluding diaryl/α,β-unsaturated/α-hetero) is 1. The SMILES string of the molecule is CC(=O)c1cc2c(cc1NC(=O)Cn1cnc3sccc3c1=O)OCO2. The maximum absolute atomic E-state index is 12.4. The minimum atomic E-state index is -0.454. The van der Waals surface area contributed by atoms with Gasteiger partial charge in [0, 0.05) is 11.6 Å². The number of hydrogen-bond acceptors (Lipinski definition) is 7. The van der Waals surface area contributed by atoms with Crippen molar-refractivity contribution in [1.82, 2.24) is 9.55 Å². The van der Waals surface area contributed by atoms with E-state index in [0.717, 1.165) is 0 Å². The number of thiophene rings is 1. The molecule has 1 aliphatic heterocycles. The number of carbonyl (C=O) groups is 2. The number of amides is 1. The molecule has 0 unspecified atom stereocenters. The Bertz CT molecular complexity index is 1100. The van der Waals surface area contributed by atoms with E-state index in [4.69, 9.17) is 9.47 Å². The molecule has 4 rings (SSSR count). The van der Waals surface area contributed by atoms with Crippen LogP contribution in [-0.2, 0) is 11.3 Å². The van der Waals surface area contributed by atoms with Gasteiger partial charge >= 0.3 is 0 Å². The highest BCUT2D eigenvalue weighted by Gasteiger charge is 2.20. The van der Waals surface area contributed by atoms with Crippen LogP contribution < -0.4 is 20.3 Å². The summed E-state index contributed by atoms with van der Waals surface area (Å²) in [7, 11) is 0. The molecule has 1 aromatic carbocycles. The van der Waals surface area contributed by atoms with Gasteiger partial charge in [-0.15, -0.1) is 11.3 Å². The highest BCUT2D eigenvalue weighted by atomic mass is 32.1. The van der Waals surface area contributed by atoms with Gasteiger partial charge in [-0.25, -0.2) is 4.98 Å². The van der Waals surface area contributed by atoms with E-state index >= 15 is 0 Å². The second-order valence-electron chi connectivity index (χ2n) is 5.67. The van der Waals surface area contributed by atoms with Crippen LogP contribution in [0.5, 0.6) is 11.5 Å². The van der Waals surface area contributed by atoms with E-state index in [2.05, 4.69) is 10.3 Å². The smallest absolute Gasteiger partial charge is 0.262 e. The van der Waals surface area contributed by atoms with Gasteiger partial charge in [-0.3, -0.25) is 19.0 Å². The molecule has 132 valence electrons. The van der Waals surface area contributed by atoms with Crippen LogP contribution in [0.4, 0.5) is 5.69 Å². The second-order valence-corrected chi connectivity index (χ2v) is 6.57. The lowest BCUT2D eigenvalue weighted by atomic mass is 10.1. The Hall–Kier alpha value is -3.20. The summed E-state index contributed by atoms with van der Waals surface area (Å²) in [6.07, 6.45) is 1.34. The first kappa shape index (κ1) is 16.3. The van der Waals surface area contributed by atoms with E-state index in [-0.39, 0.29) is 24.7 Å². The first-order chi connectivity index (χ1) is 12.5. The number of rotatable bonds is 4. The molecule has 0 saturated carbocycles. The molecule has 1 aliphatic rings. The number of fused-ring (bicyclic) bond motifs is 2. The van der Waals surface area contributed by atoms with Crippen LogP contribution in [0.25, 0.3) is 10.2 Å². The van der Waals surface area contributed by atoms with Crippen molar-refractivity contribution in [2.24, 2.45) is 0 Å². The lowest BCUT2D eigenvalue weighted by Gasteiger charge is -2.11. The number of nitrogens with zero attached hydrogens (tertiary/aromatic N) is 2. The fourth-order valence-corrected chi connectivity index (χ4v) is 3.41. The molecule has 0 aliphatic carbocycles. The molecule has 1 N–H and O–H groups in total. The molecule has 3 aromatic rings. The first-order valence-corrected chi connectivity index (χ1v) is 8.58. The minimum absolute atomic E-state index is 0.0613. The van der Waals surface area contributed by atoms with Crippen LogP contribution in [0.3, 0.4) is 0 Å². The average molecular weight is 371 g/mol. The number of hydrogen-bond donors (Lipinski definition) is 1. The van der Waals surface area contributed by atoms with Crippen molar-refractivity contribution in [2.75, 3.05) is 12.1 Å². The Morgan fingerprint density at radius 2 is 2.08 bits per heavy atom. The topological polar surface area (TPSA) is 99.5 Å². The Labute approximate surface area is 151 Å². The first-order valence-electron chi connectivity index (χ1n) is 7.70. The molecule has 2 aromatic heterocycles. The van der Waals surface area contributed by atoms with Crippen LogP contribution in [0, 0.1) is 0 Å². The Morgan fingerprint density at radius 1 is 1.31 bits per heavy atom. The molecule has 0 bridgehead atoms. The summed E-state index contributed by atoms with van der Waals surface area (Å²) in [5.74, 6) is 0.224. The van der Waals surface area contributed by atoms with Crippen LogP contribution >= 0.6 is 11.3 Å². The maximum atomic E-state index is 12.4. The van der Waals surface area contributed by atoms with Gasteiger partial charge in [-0.2, -0.15) is 0 Å². The third kappa shape index (κ3) is 2.82. The van der Waals surface area contributed by atoms with Crippen LogP contribution in [0.2, 0.25) is 0 Å². The van der Waals surface area contributed by atoms with Crippen LogP contribution in [-0.4, -0.2) is 28.0 Å². The molecule has 0 fully saturated rings. The number of carbonyl (C=O) groups excluding carboxylic acids is 2. The quantitative estimate of drug-likeness (QED) is 0.705. The molecule has 0 spiro atoms. The van der Waals surface area contributed by atoms with Gasteiger partial charge in [0.25, 0.3) is 5.56 Å². The van der Waals surface area contributed by atoms with Gasteiger partial charge in [0.05, 0.1) is 17.4 Å². The predicted molar refractivity (Wildman–Crippen MR) is 95.1 cm³/mol. The standard InChI is InChI=1S/C17H13N3O5S/c1-9(21)11-4-13-14(25-8-24-13)5-12(11)19-15(22)6-20-7-18-16-10(17(20)23)2-3-26-16/h2-5,7H,6,8H2,1H3,(H,19,22). The van der Waals surface area contributed by atoms with Gasteiger partial charge in [0.1, 0.15) is 11.4 Å². The lowest BCUT2D eigenvalue weighted by Crippen LogP contribution is -2.28. The fraction of sp³-hybridized carbons (Fsp3) is 0.176. The molecular formula is C17H13N3O5S. The second kappa shape index (κ2) is 6.26. The van der Waals surface area contributed by atoms with Crippen molar-refractivity contribution < 1.29 is 19.1 Å². The van der Waals surface area contributed by atoms with E-state index in [0.29, 0.717) is 33.0 Å². The van der Waals surface area contributed by atoms with Crippen molar-refractivity contribution >= 4 is 38.9 Å². The van der Waals surface area contributed by atoms with Gasteiger partial charge < -0.3 is 14.8 Å². The Kier molecular flexibility index (Phi) is 3.92. The molecule has 26 heavy (non-hydrogen) atoms. The third-order valence-electron chi connectivity index (χ3n) is 3.93. The molecule has 1 amide bonds. The van der Waals surface area contributed by atoms with Crippen molar-refractivity contribution in [1.29, 1.82) is 0 Å². The highest BCUT2D eigenvalue weighted by molar-refractivity contribution is 7.16. The third-order valence-corrected chi connectivity index (χ3v) is 4.75. The number of ether oxygens (including phenoxy) is 2. The summed E-state index contributed by atoms with van der Waals surface area (Å²) in [5, 5.41) is 4.90. The number of benzene rings is 1. The minimum Gasteiger partial charge on any atom is -0.454 e. The zero-order chi connectivity index (χ0) is 18.3. The Morgan fingerprint density at radius 3 is 2.85 bits per heavy atom. The van der Waals surface area contributed by atoms with Gasteiger partial charge in [0.2, 0.25) is 12.7 Å². The number of anilines is 1. The average Bonchev–Trinajstić information content (AvgIpc) is 3.25. The van der Waals surface area contributed by atoms with Gasteiger partial charge in [-0.1, -0.05) is 0 Å². The van der Waals surface area contributed by atoms with E-state index in [1.165, 1.54) is 35.2 Å². The molecule has 0 atom stereocenters. The number of aromatic nitrogens is 2. The van der Waals surface area contributed by atoms with E-state index in [1.807, 2.05) is 0 Å². The summed E-state index contributed by atoms with van der Waals surface area (Å²) in [6, 6.07) is 4.75. The van der Waals surface area contributed by atoms with Crippen molar-refractivity contribution in [3.63, 3.8) is 0 Å². The highest BCUT2D eigenvalue weighted by Crippen LogP contribution is 2.37. The van der Waals surface area contributed by atoms with Crippen molar-refractivity contribution in [2.45, 2.75) is 13.5 Å². The molecule has 0 saturated heterocycles. The van der Waals surface area contributed by atoms with E-state index in [9.17, 15) is 14.4 Å². The monoisotopic (exact) mass is 371 g/mol. The number of ketones is 1. The number of nitrogens with one attached hydrogen (secondary N) is 1. The maximum Gasteiger partial charge on any atom is 0.262 e.